The Hall–Kier alpha value is -5.67. The van der Waals surface area contributed by atoms with Crippen LogP contribution in [0, 0.1) is 0 Å². The van der Waals surface area contributed by atoms with Crippen LogP contribution in [0.3, 0.4) is 0 Å². The largest absolute Gasteiger partial charge is 0.449 e. The maximum atomic E-state index is 14.3. The topological polar surface area (TPSA) is 182 Å². The number of ether oxygens (including phenoxy) is 2. The number of H-pyrrole nitrogens is 1. The Kier molecular flexibility index (Phi) is 9.00. The monoisotopic (exact) mass is 693 g/mol. The fraction of sp³-hybridized carbons (Fsp3) is 0.147. The zero-order valence-electron chi connectivity index (χ0n) is 25.5. The number of carbonyl (C=O) groups excluding carboxylic acids is 4. The molecule has 3 atom stereocenters. The first-order valence-corrected chi connectivity index (χ1v) is 16.9. The fourth-order valence-corrected chi connectivity index (χ4v) is 8.02. The number of β-lactam (4-membered cyclic amide) rings is 1. The summed E-state index contributed by atoms with van der Waals surface area (Å²) in [6.07, 6.45) is -0.530. The minimum absolute atomic E-state index is 0.0109. The maximum absolute atomic E-state index is 14.3. The Bertz CT molecular complexity index is 2020. The first kappa shape index (κ1) is 31.9. The van der Waals surface area contributed by atoms with Crippen LogP contribution in [-0.2, 0) is 28.7 Å². The van der Waals surface area contributed by atoms with E-state index in [2.05, 4.69) is 25.5 Å². The summed E-state index contributed by atoms with van der Waals surface area (Å²) in [5.74, 6) is -1.49. The van der Waals surface area contributed by atoms with Gasteiger partial charge in [0, 0.05) is 16.2 Å². The van der Waals surface area contributed by atoms with E-state index in [1.165, 1.54) is 22.9 Å². The van der Waals surface area contributed by atoms with E-state index in [1.54, 1.807) is 30.3 Å². The summed E-state index contributed by atoms with van der Waals surface area (Å²) in [4.78, 5) is 63.4. The molecule has 2 aliphatic rings. The molecule has 1 fully saturated rings. The normalized spacial score (nSPS) is 17.7. The molecule has 2 aromatic heterocycles. The van der Waals surface area contributed by atoms with Crippen LogP contribution in [0.2, 0.25) is 0 Å². The highest BCUT2D eigenvalue weighted by Crippen LogP contribution is 2.46. The van der Waals surface area contributed by atoms with Crippen molar-refractivity contribution >= 4 is 64.6 Å². The average molecular weight is 694 g/mol. The number of amides is 2. The molecule has 0 saturated carbocycles. The molecule has 2 aliphatic heterocycles. The van der Waals surface area contributed by atoms with E-state index < -0.39 is 41.4 Å². The Morgan fingerprint density at radius 1 is 0.980 bits per heavy atom. The Balaban J connectivity index is 1.21. The van der Waals surface area contributed by atoms with Crippen molar-refractivity contribution in [3.63, 3.8) is 0 Å². The van der Waals surface area contributed by atoms with E-state index in [4.69, 9.17) is 15.2 Å². The molecule has 5 aromatic rings. The lowest BCUT2D eigenvalue weighted by molar-refractivity contribution is -0.156. The van der Waals surface area contributed by atoms with E-state index in [1.807, 2.05) is 60.7 Å². The zero-order chi connectivity index (χ0) is 33.9. The van der Waals surface area contributed by atoms with Crippen LogP contribution in [0.15, 0.2) is 113 Å². The van der Waals surface area contributed by atoms with E-state index in [0.717, 1.165) is 22.9 Å². The van der Waals surface area contributed by atoms with Gasteiger partial charge in [-0.1, -0.05) is 103 Å². The van der Waals surface area contributed by atoms with Crippen molar-refractivity contribution < 1.29 is 28.7 Å². The third kappa shape index (κ3) is 6.33. The quantitative estimate of drug-likeness (QED) is 0.0787. The van der Waals surface area contributed by atoms with Crippen molar-refractivity contribution in [1.82, 2.24) is 30.4 Å². The summed E-state index contributed by atoms with van der Waals surface area (Å²) in [7, 11) is 0. The van der Waals surface area contributed by atoms with Crippen LogP contribution in [0.25, 0.3) is 11.0 Å². The molecule has 7 rings (SSSR count). The summed E-state index contributed by atoms with van der Waals surface area (Å²) in [6.45, 7) is 0.188. The third-order valence-corrected chi connectivity index (χ3v) is 10.3. The van der Waals surface area contributed by atoms with Crippen molar-refractivity contribution in [2.24, 2.45) is 0 Å². The molecule has 49 heavy (non-hydrogen) atoms. The molecule has 3 aromatic carbocycles. The summed E-state index contributed by atoms with van der Waals surface area (Å²) in [5.41, 5.74) is 8.50. The summed E-state index contributed by atoms with van der Waals surface area (Å²) in [6, 6.07) is 26.0. The number of nitrogens with two attached hydrogens (primary N) is 1. The van der Waals surface area contributed by atoms with Gasteiger partial charge in [-0.05, 0) is 11.1 Å². The van der Waals surface area contributed by atoms with Gasteiger partial charge in [0.2, 0.25) is 6.10 Å². The van der Waals surface area contributed by atoms with Crippen molar-refractivity contribution in [3.8, 4) is 0 Å². The van der Waals surface area contributed by atoms with Crippen molar-refractivity contribution in [2.75, 3.05) is 11.5 Å². The summed E-state index contributed by atoms with van der Waals surface area (Å²) in [5, 5.41) is 9.62. The number of benzene rings is 3. The number of anilines is 1. The lowest BCUT2D eigenvalue weighted by Gasteiger charge is -2.49. The van der Waals surface area contributed by atoms with E-state index in [0.29, 0.717) is 21.5 Å². The van der Waals surface area contributed by atoms with Gasteiger partial charge in [0.15, 0.2) is 16.9 Å². The molecule has 0 spiro atoms. The van der Waals surface area contributed by atoms with Crippen LogP contribution >= 0.6 is 23.5 Å². The molecule has 15 heteroatoms. The SMILES string of the molecule is Nc1nc(SC2=C(C(=O)OC(c3ccccc3)c3ccccc3)N3C(=O)C(NC(=O)[C@H](OC=O)c4ccccc4)[C@H]3SC2)nc2[nH]ncc12. The van der Waals surface area contributed by atoms with Crippen LogP contribution in [0.5, 0.6) is 0 Å². The number of nitrogens with zero attached hydrogens (tertiary/aromatic N) is 4. The Morgan fingerprint density at radius 3 is 2.24 bits per heavy atom. The number of rotatable bonds is 11. The van der Waals surface area contributed by atoms with Gasteiger partial charge >= 0.3 is 5.97 Å². The Labute approximate surface area is 287 Å². The van der Waals surface area contributed by atoms with E-state index >= 15 is 0 Å². The molecule has 0 aliphatic carbocycles. The van der Waals surface area contributed by atoms with Crippen LogP contribution in [0.1, 0.15) is 28.9 Å². The number of aromatic amines is 1. The van der Waals surface area contributed by atoms with Crippen LogP contribution < -0.4 is 11.1 Å². The number of aromatic nitrogens is 4. The number of nitrogen functional groups attached to an aromatic ring is 1. The van der Waals surface area contributed by atoms with Crippen molar-refractivity contribution in [3.05, 3.63) is 124 Å². The van der Waals surface area contributed by atoms with Crippen molar-refractivity contribution in [2.45, 2.75) is 28.8 Å². The Morgan fingerprint density at radius 2 is 1.61 bits per heavy atom. The molecule has 4 N–H and O–H groups in total. The predicted molar refractivity (Wildman–Crippen MR) is 181 cm³/mol. The number of hydrogen-bond donors (Lipinski definition) is 3. The molecule has 246 valence electrons. The number of thioether (sulfide) groups is 2. The number of esters is 1. The highest BCUT2D eigenvalue weighted by atomic mass is 32.2. The minimum atomic E-state index is -1.27. The molecule has 2 amide bonds. The first-order valence-electron chi connectivity index (χ1n) is 15.0. The standard InChI is InChI=1S/C34H27N7O6S2/c35-28-22-16-36-40-29(22)39-34(38-28)49-23-17-48-32-24(37-30(43)27(46-18-42)21-14-8-3-9-15-21)31(44)41(32)25(23)33(45)47-26(19-10-4-1-5-11-19)20-12-6-2-7-13-20/h1-16,18,24,26-27,32H,17H2,(H,37,43)(H3,35,36,38,39,40)/t24?,27-,32-/m1/s1. The molecule has 0 bridgehead atoms. The molecular weight excluding hydrogens is 667 g/mol. The van der Waals surface area contributed by atoms with Crippen molar-refractivity contribution in [1.29, 1.82) is 0 Å². The lowest BCUT2D eigenvalue weighted by atomic mass is 10.0. The number of fused-ring (bicyclic) bond motifs is 2. The average Bonchev–Trinajstić information content (AvgIpc) is 3.62. The van der Waals surface area contributed by atoms with Gasteiger partial charge in [-0.15, -0.1) is 11.8 Å². The van der Waals surface area contributed by atoms with Gasteiger partial charge in [-0.2, -0.15) is 5.10 Å². The number of carbonyl (C=O) groups is 4. The van der Waals surface area contributed by atoms with Gasteiger partial charge < -0.3 is 20.5 Å². The van der Waals surface area contributed by atoms with E-state index in [-0.39, 0.29) is 28.9 Å². The molecule has 4 heterocycles. The van der Waals surface area contributed by atoms with Gasteiger partial charge in [0.05, 0.1) is 11.6 Å². The second-order valence-corrected chi connectivity index (χ2v) is 13.1. The smallest absolute Gasteiger partial charge is 0.356 e. The zero-order valence-corrected chi connectivity index (χ0v) is 27.1. The van der Waals surface area contributed by atoms with Crippen LogP contribution in [0.4, 0.5) is 5.82 Å². The number of hydrogen-bond acceptors (Lipinski definition) is 12. The molecule has 1 unspecified atom stereocenters. The molecule has 13 nitrogen and oxygen atoms in total. The lowest BCUT2D eigenvalue weighted by Crippen LogP contribution is -2.70. The van der Waals surface area contributed by atoms with Gasteiger partial charge in [0.25, 0.3) is 18.3 Å². The second kappa shape index (κ2) is 13.8. The van der Waals surface area contributed by atoms with E-state index in [9.17, 15) is 19.2 Å². The van der Waals surface area contributed by atoms with Gasteiger partial charge in [0.1, 0.15) is 22.9 Å². The highest BCUT2D eigenvalue weighted by molar-refractivity contribution is 8.06. The predicted octanol–water partition coefficient (Wildman–Crippen LogP) is 3.89. The molecule has 0 radical (unpaired) electrons. The first-order chi connectivity index (χ1) is 23.9. The van der Waals surface area contributed by atoms with Crippen LogP contribution in [-0.4, -0.2) is 66.5 Å². The summed E-state index contributed by atoms with van der Waals surface area (Å²) >= 11 is 2.43. The third-order valence-electron chi connectivity index (χ3n) is 7.92. The molecular formula is C34H27N7O6S2. The van der Waals surface area contributed by atoms with Gasteiger partial charge in [-0.3, -0.25) is 24.4 Å². The maximum Gasteiger partial charge on any atom is 0.356 e. The molecule has 1 saturated heterocycles. The fourth-order valence-electron chi connectivity index (χ4n) is 5.60. The second-order valence-electron chi connectivity index (χ2n) is 10.9. The number of nitrogens with one attached hydrogen (secondary N) is 2. The minimum Gasteiger partial charge on any atom is -0.449 e. The van der Waals surface area contributed by atoms with Gasteiger partial charge in [-0.25, -0.2) is 14.8 Å². The summed E-state index contributed by atoms with van der Waals surface area (Å²) < 4.78 is 11.3. The highest BCUT2D eigenvalue weighted by Gasteiger charge is 2.55.